The third-order valence-corrected chi connectivity index (χ3v) is 6.18. The number of benzene rings is 5. The summed E-state index contributed by atoms with van der Waals surface area (Å²) in [6.45, 7) is 0. The van der Waals surface area contributed by atoms with Gasteiger partial charge >= 0.3 is 0 Å². The average molecular weight is 410 g/mol. The lowest BCUT2D eigenvalue weighted by atomic mass is 10.0. The number of rotatable bonds is 2. The van der Waals surface area contributed by atoms with Crippen molar-refractivity contribution in [1.29, 1.82) is 0 Å². The molecule has 0 atom stereocenters. The van der Waals surface area contributed by atoms with E-state index in [1.165, 1.54) is 21.5 Å². The molecule has 0 aliphatic heterocycles. The van der Waals surface area contributed by atoms with Gasteiger partial charge in [0, 0.05) is 21.9 Å². The molecule has 0 unspecified atom stereocenters. The van der Waals surface area contributed by atoms with Crippen LogP contribution in [0.4, 0.5) is 0 Å². The van der Waals surface area contributed by atoms with Gasteiger partial charge in [-0.1, -0.05) is 60.7 Å². The molecule has 0 saturated heterocycles. The van der Waals surface area contributed by atoms with Crippen LogP contribution in [0.3, 0.4) is 0 Å². The first-order valence-electron chi connectivity index (χ1n) is 10.8. The zero-order chi connectivity index (χ0) is 21.1. The molecule has 2 nitrogen and oxygen atoms in total. The van der Waals surface area contributed by atoms with Crippen molar-refractivity contribution in [3.05, 3.63) is 109 Å². The number of furan rings is 2. The van der Waals surface area contributed by atoms with Crippen LogP contribution in [0.15, 0.2) is 118 Å². The molecule has 2 heterocycles. The lowest BCUT2D eigenvalue weighted by Gasteiger charge is -2.03. The minimum absolute atomic E-state index is 0.895. The molecule has 0 spiro atoms. The Morgan fingerprint density at radius 2 is 0.719 bits per heavy atom. The van der Waals surface area contributed by atoms with E-state index in [0.29, 0.717) is 0 Å². The third kappa shape index (κ3) is 2.74. The van der Waals surface area contributed by atoms with Crippen LogP contribution in [0.5, 0.6) is 0 Å². The van der Waals surface area contributed by atoms with Crippen molar-refractivity contribution in [1.82, 2.24) is 0 Å². The molecular weight excluding hydrogens is 392 g/mol. The Balaban J connectivity index is 1.40. The van der Waals surface area contributed by atoms with Crippen molar-refractivity contribution >= 4 is 43.5 Å². The van der Waals surface area contributed by atoms with Crippen LogP contribution in [0, 0.1) is 0 Å². The quantitative estimate of drug-likeness (QED) is 0.266. The van der Waals surface area contributed by atoms with Crippen molar-refractivity contribution in [3.8, 4) is 22.6 Å². The first-order valence-corrected chi connectivity index (χ1v) is 10.8. The molecule has 2 aromatic heterocycles. The second-order valence-corrected chi connectivity index (χ2v) is 8.28. The Bertz CT molecular complexity index is 1530. The molecule has 0 radical (unpaired) electrons. The highest BCUT2D eigenvalue weighted by atomic mass is 16.3. The van der Waals surface area contributed by atoms with Crippen LogP contribution < -0.4 is 0 Å². The van der Waals surface area contributed by atoms with Crippen LogP contribution in [-0.4, -0.2) is 0 Å². The monoisotopic (exact) mass is 410 g/mol. The highest BCUT2D eigenvalue weighted by molar-refractivity contribution is 6.07. The summed E-state index contributed by atoms with van der Waals surface area (Å²) < 4.78 is 12.4. The van der Waals surface area contributed by atoms with Crippen molar-refractivity contribution in [2.45, 2.75) is 0 Å². The minimum Gasteiger partial charge on any atom is -0.456 e. The van der Waals surface area contributed by atoms with Gasteiger partial charge in [-0.2, -0.15) is 0 Å². The maximum atomic E-state index is 6.18. The summed E-state index contributed by atoms with van der Waals surface area (Å²) in [6.07, 6.45) is 0. The van der Waals surface area contributed by atoms with Crippen molar-refractivity contribution in [2.24, 2.45) is 0 Å². The van der Waals surface area contributed by atoms with E-state index in [1.54, 1.807) is 0 Å². The Morgan fingerprint density at radius 1 is 0.344 bits per heavy atom. The summed E-state index contributed by atoms with van der Waals surface area (Å²) in [7, 11) is 0. The molecule has 0 aliphatic carbocycles. The molecule has 150 valence electrons. The topological polar surface area (TPSA) is 26.3 Å². The van der Waals surface area contributed by atoms with Crippen LogP contribution in [0.1, 0.15) is 0 Å². The van der Waals surface area contributed by atoms with E-state index < -0.39 is 0 Å². The van der Waals surface area contributed by atoms with Gasteiger partial charge in [0.1, 0.15) is 22.7 Å². The highest BCUT2D eigenvalue weighted by Gasteiger charge is 2.11. The van der Waals surface area contributed by atoms with E-state index in [2.05, 4.69) is 72.8 Å². The smallest absolute Gasteiger partial charge is 0.135 e. The molecule has 7 rings (SSSR count). The number of fused-ring (bicyclic) bond motifs is 4. The van der Waals surface area contributed by atoms with Gasteiger partial charge in [-0.25, -0.2) is 0 Å². The lowest BCUT2D eigenvalue weighted by Crippen LogP contribution is -1.77. The van der Waals surface area contributed by atoms with Gasteiger partial charge in [0.25, 0.3) is 0 Å². The average Bonchev–Trinajstić information content (AvgIpc) is 3.44. The lowest BCUT2D eigenvalue weighted by molar-refractivity contribution is 0.631. The summed E-state index contributed by atoms with van der Waals surface area (Å²) in [6, 6.07) is 37.9. The fraction of sp³-hybridized carbons (Fsp3) is 0. The van der Waals surface area contributed by atoms with Crippen LogP contribution in [-0.2, 0) is 0 Å². The Morgan fingerprint density at radius 3 is 1.16 bits per heavy atom. The van der Waals surface area contributed by atoms with Crippen LogP contribution in [0.2, 0.25) is 0 Å². The molecule has 0 N–H and O–H groups in total. The second kappa shape index (κ2) is 6.60. The molecule has 0 bridgehead atoms. The summed E-state index contributed by atoms with van der Waals surface area (Å²) >= 11 is 0. The third-order valence-electron chi connectivity index (χ3n) is 6.18. The van der Waals surface area contributed by atoms with Crippen molar-refractivity contribution < 1.29 is 8.83 Å². The van der Waals surface area contributed by atoms with E-state index in [1.807, 2.05) is 36.4 Å². The SMILES string of the molecule is c1ccc(-c2cc3cc4cc5cc6oc(-c7ccccc7)cc6cc5cc4cc3o2)cc1. The van der Waals surface area contributed by atoms with Gasteiger partial charge in [0.15, 0.2) is 0 Å². The molecular formula is C30H18O2. The largest absolute Gasteiger partial charge is 0.456 e. The summed E-state index contributed by atoms with van der Waals surface area (Å²) in [5.74, 6) is 1.79. The standard InChI is InChI=1S/C30H18O2/c1-3-7-19(8-4-1)27-17-25-13-21-11-24-16-30-26(14-22(24)12-23(21)15-29(25)31-27)18-28(32-30)20-9-5-2-6-10-20/h1-18H. The number of hydrogen-bond acceptors (Lipinski definition) is 2. The van der Waals surface area contributed by atoms with Crippen molar-refractivity contribution in [3.63, 3.8) is 0 Å². The summed E-state index contributed by atoms with van der Waals surface area (Å²) in [5.41, 5.74) is 4.00. The van der Waals surface area contributed by atoms with Gasteiger partial charge in [0.05, 0.1) is 0 Å². The Hall–Kier alpha value is -4.30. The van der Waals surface area contributed by atoms with E-state index in [4.69, 9.17) is 8.83 Å². The molecule has 32 heavy (non-hydrogen) atoms. The van der Waals surface area contributed by atoms with Crippen LogP contribution >= 0.6 is 0 Å². The van der Waals surface area contributed by atoms with Gasteiger partial charge in [-0.15, -0.1) is 0 Å². The summed E-state index contributed by atoms with van der Waals surface area (Å²) in [5, 5.41) is 6.96. The predicted octanol–water partition coefficient (Wildman–Crippen LogP) is 8.82. The normalized spacial score (nSPS) is 11.8. The molecule has 0 fully saturated rings. The first kappa shape index (κ1) is 17.4. The van der Waals surface area contributed by atoms with E-state index >= 15 is 0 Å². The molecule has 5 aromatic carbocycles. The van der Waals surface area contributed by atoms with E-state index in [9.17, 15) is 0 Å². The maximum Gasteiger partial charge on any atom is 0.135 e. The Kier molecular flexibility index (Phi) is 3.58. The zero-order valence-electron chi connectivity index (χ0n) is 17.2. The second-order valence-electron chi connectivity index (χ2n) is 8.28. The molecule has 0 saturated carbocycles. The first-order chi connectivity index (χ1) is 15.8. The molecule has 0 aliphatic rings. The number of hydrogen-bond donors (Lipinski definition) is 0. The highest BCUT2D eigenvalue weighted by Crippen LogP contribution is 2.35. The maximum absolute atomic E-state index is 6.18. The minimum atomic E-state index is 0.895. The van der Waals surface area contributed by atoms with Gasteiger partial charge in [-0.3, -0.25) is 0 Å². The van der Waals surface area contributed by atoms with E-state index in [-0.39, 0.29) is 0 Å². The van der Waals surface area contributed by atoms with Crippen molar-refractivity contribution in [2.75, 3.05) is 0 Å². The molecule has 0 amide bonds. The summed E-state index contributed by atoms with van der Waals surface area (Å²) in [4.78, 5) is 0. The molecule has 2 heteroatoms. The predicted molar refractivity (Wildman–Crippen MR) is 132 cm³/mol. The van der Waals surface area contributed by atoms with E-state index in [0.717, 1.165) is 44.6 Å². The molecule has 7 aromatic rings. The Labute approximate surface area is 184 Å². The van der Waals surface area contributed by atoms with Gasteiger partial charge in [0.2, 0.25) is 0 Å². The van der Waals surface area contributed by atoms with Gasteiger partial charge in [-0.05, 0) is 70.1 Å². The fourth-order valence-corrected chi connectivity index (χ4v) is 4.56. The van der Waals surface area contributed by atoms with Gasteiger partial charge < -0.3 is 8.83 Å². The fourth-order valence-electron chi connectivity index (χ4n) is 4.56. The van der Waals surface area contributed by atoms with Crippen LogP contribution in [0.25, 0.3) is 66.1 Å². The zero-order valence-corrected chi connectivity index (χ0v) is 17.2.